The lowest BCUT2D eigenvalue weighted by Crippen LogP contribution is -2.51. The standard InChI is InChI=1S/C27H21ClN2O6/c1-17-2-4-20(5-3-17)27(35)36-22-12-8-18(9-13-22)23(31)16-29(30-24(32)14-15-25(30)33)26(34)19-6-10-21(28)11-7-19/h2-13H,14-16H2,1H3. The van der Waals surface area contributed by atoms with Crippen molar-refractivity contribution in [1.82, 2.24) is 10.0 Å². The monoisotopic (exact) mass is 504 g/mol. The van der Waals surface area contributed by atoms with Gasteiger partial charge in [-0.2, -0.15) is 5.01 Å². The summed E-state index contributed by atoms with van der Waals surface area (Å²) in [5.74, 6) is -2.63. The molecule has 3 aromatic rings. The van der Waals surface area contributed by atoms with Crippen molar-refractivity contribution in [3.8, 4) is 5.75 Å². The first-order chi connectivity index (χ1) is 17.2. The number of carbonyl (C=O) groups excluding carboxylic acids is 5. The van der Waals surface area contributed by atoms with Gasteiger partial charge in [-0.05, 0) is 67.6 Å². The second-order valence-corrected chi connectivity index (χ2v) is 8.61. The molecule has 0 spiro atoms. The SMILES string of the molecule is Cc1ccc(C(=O)Oc2ccc(C(=O)CN(C(=O)c3ccc(Cl)cc3)N3C(=O)CCC3=O)cc2)cc1. The minimum Gasteiger partial charge on any atom is -0.423 e. The number of ether oxygens (including phenoxy) is 1. The molecule has 182 valence electrons. The average Bonchev–Trinajstić information content (AvgIpc) is 3.20. The number of amides is 3. The zero-order valence-corrected chi connectivity index (χ0v) is 20.0. The van der Waals surface area contributed by atoms with Crippen molar-refractivity contribution in [3.05, 3.63) is 100 Å². The number of benzene rings is 3. The van der Waals surface area contributed by atoms with Gasteiger partial charge in [0.05, 0.1) is 5.56 Å². The smallest absolute Gasteiger partial charge is 0.343 e. The maximum absolute atomic E-state index is 13.2. The Labute approximate surface area is 212 Å². The van der Waals surface area contributed by atoms with Crippen molar-refractivity contribution >= 4 is 41.1 Å². The van der Waals surface area contributed by atoms with E-state index in [4.69, 9.17) is 16.3 Å². The topological polar surface area (TPSA) is 101 Å². The van der Waals surface area contributed by atoms with Gasteiger partial charge in [0.15, 0.2) is 5.78 Å². The fraction of sp³-hybridized carbons (Fsp3) is 0.148. The summed E-state index contributed by atoms with van der Waals surface area (Å²) >= 11 is 5.89. The van der Waals surface area contributed by atoms with Gasteiger partial charge in [0.25, 0.3) is 5.91 Å². The van der Waals surface area contributed by atoms with E-state index in [-0.39, 0.29) is 29.7 Å². The molecule has 0 unspecified atom stereocenters. The highest BCUT2D eigenvalue weighted by molar-refractivity contribution is 6.30. The Morgan fingerprint density at radius 1 is 0.806 bits per heavy atom. The highest BCUT2D eigenvalue weighted by Gasteiger charge is 2.38. The molecule has 9 heteroatoms. The van der Waals surface area contributed by atoms with Crippen molar-refractivity contribution in [2.45, 2.75) is 19.8 Å². The number of Topliss-reactive ketones (excluding diaryl/α,β-unsaturated/α-hetero) is 1. The van der Waals surface area contributed by atoms with Crippen LogP contribution in [0.3, 0.4) is 0 Å². The van der Waals surface area contributed by atoms with Crippen LogP contribution < -0.4 is 4.74 Å². The number of ketones is 1. The maximum Gasteiger partial charge on any atom is 0.343 e. The van der Waals surface area contributed by atoms with Gasteiger partial charge >= 0.3 is 5.97 Å². The van der Waals surface area contributed by atoms with Crippen LogP contribution in [0.15, 0.2) is 72.8 Å². The largest absolute Gasteiger partial charge is 0.423 e. The van der Waals surface area contributed by atoms with Gasteiger partial charge in [-0.15, -0.1) is 0 Å². The molecule has 8 nitrogen and oxygen atoms in total. The summed E-state index contributed by atoms with van der Waals surface area (Å²) in [5, 5.41) is 1.99. The van der Waals surface area contributed by atoms with Crippen LogP contribution in [0.1, 0.15) is 49.5 Å². The number of esters is 1. The molecule has 4 rings (SSSR count). The first-order valence-electron chi connectivity index (χ1n) is 11.1. The highest BCUT2D eigenvalue weighted by atomic mass is 35.5. The lowest BCUT2D eigenvalue weighted by Gasteiger charge is -2.29. The zero-order valence-electron chi connectivity index (χ0n) is 19.3. The molecule has 36 heavy (non-hydrogen) atoms. The lowest BCUT2D eigenvalue weighted by molar-refractivity contribution is -0.152. The van der Waals surface area contributed by atoms with Crippen molar-refractivity contribution in [3.63, 3.8) is 0 Å². The normalized spacial score (nSPS) is 13.0. The fourth-order valence-electron chi connectivity index (χ4n) is 3.60. The van der Waals surface area contributed by atoms with Gasteiger partial charge in [0, 0.05) is 29.0 Å². The van der Waals surface area contributed by atoms with Crippen molar-refractivity contribution in [1.29, 1.82) is 0 Å². The summed E-state index contributed by atoms with van der Waals surface area (Å²) < 4.78 is 5.35. The van der Waals surface area contributed by atoms with E-state index in [9.17, 15) is 24.0 Å². The number of imide groups is 1. The molecule has 0 aliphatic carbocycles. The van der Waals surface area contributed by atoms with Crippen LogP contribution in [0.25, 0.3) is 0 Å². The molecule has 3 aromatic carbocycles. The Bertz CT molecular complexity index is 1320. The first kappa shape index (κ1) is 24.8. The second kappa shape index (κ2) is 10.5. The molecule has 0 saturated carbocycles. The number of carbonyl (C=O) groups is 5. The second-order valence-electron chi connectivity index (χ2n) is 8.17. The van der Waals surface area contributed by atoms with Crippen molar-refractivity contribution in [2.75, 3.05) is 6.54 Å². The summed E-state index contributed by atoms with van der Waals surface area (Å²) in [5.41, 5.74) is 1.77. The third kappa shape index (κ3) is 5.50. The fourth-order valence-corrected chi connectivity index (χ4v) is 3.73. The molecule has 1 fully saturated rings. The van der Waals surface area contributed by atoms with Gasteiger partial charge in [0.2, 0.25) is 11.8 Å². The molecule has 0 radical (unpaired) electrons. The number of halogens is 1. The molecule has 1 saturated heterocycles. The summed E-state index contributed by atoms with van der Waals surface area (Å²) in [4.78, 5) is 63.2. The Morgan fingerprint density at radius 3 is 1.92 bits per heavy atom. The molecule has 0 aromatic heterocycles. The van der Waals surface area contributed by atoms with E-state index in [1.54, 1.807) is 24.3 Å². The van der Waals surface area contributed by atoms with E-state index in [0.717, 1.165) is 15.6 Å². The quantitative estimate of drug-likeness (QED) is 0.206. The van der Waals surface area contributed by atoms with E-state index in [0.29, 0.717) is 10.6 Å². The van der Waals surface area contributed by atoms with Crippen LogP contribution in [-0.4, -0.2) is 46.0 Å². The van der Waals surface area contributed by atoms with E-state index < -0.39 is 36.0 Å². The summed E-state index contributed by atoms with van der Waals surface area (Å²) in [6.45, 7) is 1.37. The predicted molar refractivity (Wildman–Crippen MR) is 130 cm³/mol. The van der Waals surface area contributed by atoms with Crippen molar-refractivity contribution < 1.29 is 28.7 Å². The molecule has 0 atom stereocenters. The molecule has 1 aliphatic rings. The van der Waals surface area contributed by atoms with E-state index in [2.05, 4.69) is 0 Å². The van der Waals surface area contributed by atoms with E-state index in [1.165, 1.54) is 48.5 Å². The lowest BCUT2D eigenvalue weighted by atomic mass is 10.1. The van der Waals surface area contributed by atoms with E-state index >= 15 is 0 Å². The van der Waals surface area contributed by atoms with Gasteiger partial charge in [-0.25, -0.2) is 9.80 Å². The van der Waals surface area contributed by atoms with Crippen LogP contribution in [0.4, 0.5) is 0 Å². The van der Waals surface area contributed by atoms with Gasteiger partial charge < -0.3 is 4.74 Å². The van der Waals surface area contributed by atoms with Crippen LogP contribution in [0.5, 0.6) is 5.75 Å². The molecular formula is C27H21ClN2O6. The van der Waals surface area contributed by atoms with Gasteiger partial charge in [-0.3, -0.25) is 19.2 Å². The third-order valence-corrected chi connectivity index (χ3v) is 5.81. The van der Waals surface area contributed by atoms with Gasteiger partial charge in [-0.1, -0.05) is 29.3 Å². The minimum atomic E-state index is -0.688. The molecule has 0 bridgehead atoms. The summed E-state index contributed by atoms with van der Waals surface area (Å²) in [7, 11) is 0. The van der Waals surface area contributed by atoms with Crippen molar-refractivity contribution in [2.24, 2.45) is 0 Å². The molecule has 0 N–H and O–H groups in total. The Morgan fingerprint density at radius 2 is 1.33 bits per heavy atom. The van der Waals surface area contributed by atoms with Crippen LogP contribution in [0.2, 0.25) is 5.02 Å². The van der Waals surface area contributed by atoms with Crippen LogP contribution >= 0.6 is 11.6 Å². The third-order valence-electron chi connectivity index (χ3n) is 5.56. The summed E-state index contributed by atoms with van der Waals surface area (Å²) in [6.07, 6.45) is -0.0864. The zero-order chi connectivity index (χ0) is 25.8. The Balaban J connectivity index is 1.51. The number of aryl methyl sites for hydroxylation is 1. The number of rotatable bonds is 7. The summed E-state index contributed by atoms with van der Waals surface area (Å²) in [6, 6.07) is 18.6. The highest BCUT2D eigenvalue weighted by Crippen LogP contribution is 2.21. The Kier molecular flexibility index (Phi) is 7.26. The molecule has 1 heterocycles. The molecule has 1 aliphatic heterocycles. The van der Waals surface area contributed by atoms with Crippen LogP contribution in [0, 0.1) is 6.92 Å². The number of hydrogen-bond acceptors (Lipinski definition) is 6. The minimum absolute atomic E-state index is 0.0432. The number of hydrogen-bond donors (Lipinski definition) is 0. The number of nitrogens with zero attached hydrogens (tertiary/aromatic N) is 2. The average molecular weight is 505 g/mol. The number of hydrazine groups is 1. The molecular weight excluding hydrogens is 484 g/mol. The predicted octanol–water partition coefficient (Wildman–Crippen LogP) is 4.26. The molecule has 3 amide bonds. The maximum atomic E-state index is 13.2. The van der Waals surface area contributed by atoms with Gasteiger partial charge in [0.1, 0.15) is 12.3 Å². The van der Waals surface area contributed by atoms with Crippen LogP contribution in [-0.2, 0) is 9.59 Å². The van der Waals surface area contributed by atoms with E-state index in [1.807, 2.05) is 6.92 Å². The first-order valence-corrected chi connectivity index (χ1v) is 11.5. The Hall–Kier alpha value is -4.30.